The molecule has 4 atom stereocenters. The van der Waals surface area contributed by atoms with Gasteiger partial charge in [-0.15, -0.1) is 11.3 Å². The van der Waals surface area contributed by atoms with Crippen LogP contribution < -0.4 is 0 Å². The van der Waals surface area contributed by atoms with Crippen LogP contribution >= 0.6 is 11.3 Å². The number of hydrogen-bond acceptors (Lipinski definition) is 1. The van der Waals surface area contributed by atoms with Gasteiger partial charge in [0.05, 0.1) is 0 Å². The minimum absolute atomic E-state index is 0.603. The third kappa shape index (κ3) is 1.24. The van der Waals surface area contributed by atoms with Crippen LogP contribution in [0.1, 0.15) is 16.4 Å². The molecule has 0 fully saturated rings. The van der Waals surface area contributed by atoms with E-state index in [1.54, 1.807) is 5.56 Å². The summed E-state index contributed by atoms with van der Waals surface area (Å²) in [5, 5.41) is 1.47. The summed E-state index contributed by atoms with van der Waals surface area (Å²) in [5.41, 5.74) is 1.58. The fourth-order valence-electron chi connectivity index (χ4n) is 4.05. The van der Waals surface area contributed by atoms with Crippen molar-refractivity contribution >= 4 is 27.5 Å². The van der Waals surface area contributed by atoms with E-state index in [0.717, 1.165) is 5.92 Å². The fourth-order valence-corrected chi connectivity index (χ4v) is 5.22. The smallest absolute Gasteiger partial charge is 0.0352 e. The van der Waals surface area contributed by atoms with E-state index >= 15 is 0 Å². The summed E-state index contributed by atoms with van der Waals surface area (Å²) < 4.78 is 1.43. The van der Waals surface area contributed by atoms with Gasteiger partial charge in [0.15, 0.2) is 0 Å². The first-order valence-corrected chi connectivity index (χ1v) is 7.80. The Kier molecular flexibility index (Phi) is 1.88. The molecule has 1 heterocycles. The van der Waals surface area contributed by atoms with Gasteiger partial charge < -0.3 is 0 Å². The molecule has 0 saturated carbocycles. The van der Waals surface area contributed by atoms with Crippen LogP contribution in [0.2, 0.25) is 0 Å². The van der Waals surface area contributed by atoms with Gasteiger partial charge >= 0.3 is 0 Å². The summed E-state index contributed by atoms with van der Waals surface area (Å²) in [6.45, 7) is 0. The maximum atomic E-state index is 2.46. The normalized spacial score (nSPS) is 33.7. The minimum Gasteiger partial charge on any atom is -0.136 e. The van der Waals surface area contributed by atoms with Gasteiger partial charge in [0.2, 0.25) is 0 Å². The van der Waals surface area contributed by atoms with Gasteiger partial charge in [-0.1, -0.05) is 48.6 Å². The van der Waals surface area contributed by atoms with Crippen LogP contribution in [0.25, 0.3) is 16.2 Å². The van der Waals surface area contributed by atoms with Gasteiger partial charge in [-0.3, -0.25) is 0 Å². The largest absolute Gasteiger partial charge is 0.136 e. The van der Waals surface area contributed by atoms with E-state index in [4.69, 9.17) is 0 Å². The summed E-state index contributed by atoms with van der Waals surface area (Å²) in [4.78, 5) is 1.47. The van der Waals surface area contributed by atoms with E-state index in [9.17, 15) is 0 Å². The van der Waals surface area contributed by atoms with Crippen LogP contribution in [0.5, 0.6) is 0 Å². The Morgan fingerprint density at radius 2 is 1.63 bits per heavy atom. The molecule has 1 aromatic carbocycles. The molecule has 0 amide bonds. The highest BCUT2D eigenvalue weighted by Gasteiger charge is 2.41. The van der Waals surface area contributed by atoms with Crippen LogP contribution in [-0.2, 0) is 0 Å². The molecule has 3 aliphatic rings. The van der Waals surface area contributed by atoms with Crippen LogP contribution in [-0.4, -0.2) is 0 Å². The summed E-state index contributed by atoms with van der Waals surface area (Å²) >= 11 is 1.94. The van der Waals surface area contributed by atoms with Crippen molar-refractivity contribution < 1.29 is 0 Å². The zero-order valence-electron chi connectivity index (χ0n) is 10.5. The highest BCUT2D eigenvalue weighted by Crippen LogP contribution is 2.53. The van der Waals surface area contributed by atoms with Crippen LogP contribution in [0, 0.1) is 17.8 Å². The highest BCUT2D eigenvalue weighted by atomic mass is 32.1. The molecule has 0 nitrogen and oxygen atoms in total. The van der Waals surface area contributed by atoms with Gasteiger partial charge in [0.25, 0.3) is 0 Å². The van der Waals surface area contributed by atoms with Crippen molar-refractivity contribution in [3.8, 4) is 0 Å². The Bertz CT molecular complexity index is 759. The van der Waals surface area contributed by atoms with Crippen molar-refractivity contribution in [1.29, 1.82) is 0 Å². The molecule has 0 radical (unpaired) electrons. The van der Waals surface area contributed by atoms with Gasteiger partial charge in [-0.05, 0) is 40.8 Å². The van der Waals surface area contributed by atoms with E-state index in [-0.39, 0.29) is 0 Å². The Hall–Kier alpha value is -1.60. The first kappa shape index (κ1) is 10.2. The first-order chi connectivity index (χ1) is 9.42. The standard InChI is InChI=1S/C18H14S/c1-2-4-15-13(3-1)18-14-9-7-11-5-6-12(17(11)14)8-10-16(18)19-15/h1-12,14,17H/t11?,12?,14?,17-/m1/s1. The molecule has 1 aromatic heterocycles. The molecule has 19 heavy (non-hydrogen) atoms. The average Bonchev–Trinajstić information content (AvgIpc) is 3.07. The minimum atomic E-state index is 0.603. The Morgan fingerprint density at radius 3 is 2.58 bits per heavy atom. The van der Waals surface area contributed by atoms with Crippen molar-refractivity contribution in [2.75, 3.05) is 0 Å². The SMILES string of the molecule is C1=CC2C=CC3C=CC(c4c1sc1ccccc41)[C@@H]23. The second-order valence-electron chi connectivity index (χ2n) is 5.76. The molecular formula is C18H14S. The number of allylic oxidation sites excluding steroid dienone is 5. The molecule has 3 unspecified atom stereocenters. The van der Waals surface area contributed by atoms with Crippen molar-refractivity contribution in [2.24, 2.45) is 17.8 Å². The molecule has 92 valence electrons. The summed E-state index contributed by atoms with van der Waals surface area (Å²) in [6, 6.07) is 8.87. The molecule has 0 bridgehead atoms. The number of fused-ring (bicyclic) bond motifs is 4. The quantitative estimate of drug-likeness (QED) is 0.586. The maximum absolute atomic E-state index is 2.46. The van der Waals surface area contributed by atoms with E-state index in [1.165, 1.54) is 15.0 Å². The van der Waals surface area contributed by atoms with Gasteiger partial charge in [-0.25, -0.2) is 0 Å². The molecule has 0 spiro atoms. The van der Waals surface area contributed by atoms with E-state index in [1.807, 2.05) is 11.3 Å². The molecular weight excluding hydrogens is 248 g/mol. The lowest BCUT2D eigenvalue weighted by Gasteiger charge is -2.22. The molecule has 1 heteroatoms. The molecule has 2 aromatic rings. The van der Waals surface area contributed by atoms with Crippen LogP contribution in [0.3, 0.4) is 0 Å². The number of hydrogen-bond donors (Lipinski definition) is 0. The van der Waals surface area contributed by atoms with Crippen molar-refractivity contribution in [1.82, 2.24) is 0 Å². The van der Waals surface area contributed by atoms with Crippen molar-refractivity contribution in [3.63, 3.8) is 0 Å². The molecule has 3 aliphatic carbocycles. The van der Waals surface area contributed by atoms with Crippen LogP contribution in [0.4, 0.5) is 0 Å². The number of thiophene rings is 1. The predicted octanol–water partition coefficient (Wildman–Crippen LogP) is 5.00. The fraction of sp³-hybridized carbons (Fsp3) is 0.222. The lowest BCUT2D eigenvalue weighted by Crippen LogP contribution is -2.15. The van der Waals surface area contributed by atoms with Gasteiger partial charge in [-0.2, -0.15) is 0 Å². The Balaban J connectivity index is 1.83. The third-order valence-electron chi connectivity index (χ3n) is 4.87. The van der Waals surface area contributed by atoms with Gasteiger partial charge in [0, 0.05) is 15.5 Å². The maximum Gasteiger partial charge on any atom is 0.0352 e. The predicted molar refractivity (Wildman–Crippen MR) is 82.4 cm³/mol. The summed E-state index contributed by atoms with van der Waals surface area (Å²) in [6.07, 6.45) is 14.5. The monoisotopic (exact) mass is 262 g/mol. The summed E-state index contributed by atoms with van der Waals surface area (Å²) in [5.74, 6) is 2.62. The Labute approximate surface area is 116 Å². The molecule has 0 saturated heterocycles. The summed E-state index contributed by atoms with van der Waals surface area (Å²) in [7, 11) is 0. The van der Waals surface area contributed by atoms with Crippen molar-refractivity contribution in [2.45, 2.75) is 5.92 Å². The van der Waals surface area contributed by atoms with E-state index in [0.29, 0.717) is 17.8 Å². The van der Waals surface area contributed by atoms with Crippen LogP contribution in [0.15, 0.2) is 54.6 Å². The lowest BCUT2D eigenvalue weighted by atomic mass is 9.80. The molecule has 0 N–H and O–H groups in total. The highest BCUT2D eigenvalue weighted by molar-refractivity contribution is 7.20. The first-order valence-electron chi connectivity index (χ1n) is 6.98. The molecule has 5 rings (SSSR count). The zero-order valence-corrected chi connectivity index (χ0v) is 11.3. The van der Waals surface area contributed by atoms with Crippen molar-refractivity contribution in [3.05, 3.63) is 65.1 Å². The number of benzene rings is 1. The second-order valence-corrected chi connectivity index (χ2v) is 6.85. The Morgan fingerprint density at radius 1 is 0.842 bits per heavy atom. The van der Waals surface area contributed by atoms with Gasteiger partial charge in [0.1, 0.15) is 0 Å². The topological polar surface area (TPSA) is 0 Å². The van der Waals surface area contributed by atoms with E-state index in [2.05, 4.69) is 60.7 Å². The average molecular weight is 262 g/mol. The van der Waals surface area contributed by atoms with E-state index < -0.39 is 0 Å². The number of rotatable bonds is 0. The molecule has 0 aliphatic heterocycles. The third-order valence-corrected chi connectivity index (χ3v) is 6.02. The zero-order chi connectivity index (χ0) is 12.4. The lowest BCUT2D eigenvalue weighted by molar-refractivity contribution is 0.414. The second kappa shape index (κ2) is 3.49.